The van der Waals surface area contributed by atoms with Crippen LogP contribution in [0.5, 0.6) is 0 Å². The zero-order valence-electron chi connectivity index (χ0n) is 16.5. The Kier molecular flexibility index (Phi) is 5.41. The second kappa shape index (κ2) is 8.37. The molecular formula is C26H14Br2N2O2. The minimum Gasteiger partial charge on any atom is -0.298 e. The molecule has 4 nitrogen and oxygen atoms in total. The number of hydrogen-bond donors (Lipinski definition) is 0. The van der Waals surface area contributed by atoms with Crippen LogP contribution in [0.3, 0.4) is 0 Å². The lowest BCUT2D eigenvalue weighted by Crippen LogP contribution is -1.98. The second-order valence-electron chi connectivity index (χ2n) is 7.22. The number of fused-ring (bicyclic) bond motifs is 3. The van der Waals surface area contributed by atoms with E-state index in [2.05, 4.69) is 41.8 Å². The molecule has 0 unspecified atom stereocenters. The Balaban J connectivity index is 2.11. The zero-order chi connectivity index (χ0) is 22.2. The lowest BCUT2D eigenvalue weighted by molar-refractivity contribution is 0.111. The van der Waals surface area contributed by atoms with Gasteiger partial charge in [-0.3, -0.25) is 19.6 Å². The highest BCUT2D eigenvalue weighted by Crippen LogP contribution is 2.44. The van der Waals surface area contributed by atoms with Crippen molar-refractivity contribution in [1.29, 1.82) is 0 Å². The number of rotatable bonds is 4. The molecule has 0 bridgehead atoms. The van der Waals surface area contributed by atoms with Crippen LogP contribution in [-0.2, 0) is 0 Å². The van der Waals surface area contributed by atoms with Crippen molar-refractivity contribution in [3.63, 3.8) is 0 Å². The molecule has 5 rings (SSSR count). The van der Waals surface area contributed by atoms with Crippen molar-refractivity contribution < 1.29 is 9.59 Å². The van der Waals surface area contributed by atoms with Crippen molar-refractivity contribution in [3.8, 4) is 22.5 Å². The molecule has 2 aromatic heterocycles. The van der Waals surface area contributed by atoms with Crippen molar-refractivity contribution in [3.05, 3.63) is 93.1 Å². The molecule has 5 aromatic rings. The van der Waals surface area contributed by atoms with Crippen LogP contribution in [0.15, 0.2) is 82.0 Å². The maximum Gasteiger partial charge on any atom is 0.151 e. The summed E-state index contributed by atoms with van der Waals surface area (Å²) in [5.41, 5.74) is 3.79. The van der Waals surface area contributed by atoms with Gasteiger partial charge in [0.05, 0.1) is 11.4 Å². The van der Waals surface area contributed by atoms with Gasteiger partial charge in [-0.15, -0.1) is 0 Å². The van der Waals surface area contributed by atoms with Crippen LogP contribution in [0, 0.1) is 0 Å². The van der Waals surface area contributed by atoms with Crippen LogP contribution in [0.4, 0.5) is 0 Å². The third-order valence-electron chi connectivity index (χ3n) is 5.47. The molecule has 2 heterocycles. The third-order valence-corrected chi connectivity index (χ3v) is 6.78. The molecule has 3 aromatic carbocycles. The maximum absolute atomic E-state index is 12.2. The van der Waals surface area contributed by atoms with E-state index in [0.29, 0.717) is 42.6 Å². The summed E-state index contributed by atoms with van der Waals surface area (Å²) in [6.45, 7) is 0. The molecule has 0 saturated heterocycles. The van der Waals surface area contributed by atoms with E-state index in [4.69, 9.17) is 0 Å². The van der Waals surface area contributed by atoms with Crippen LogP contribution in [0.25, 0.3) is 44.1 Å². The van der Waals surface area contributed by atoms with Crippen molar-refractivity contribution in [1.82, 2.24) is 9.97 Å². The summed E-state index contributed by atoms with van der Waals surface area (Å²) in [7, 11) is 0. The van der Waals surface area contributed by atoms with Crippen LogP contribution in [0.2, 0.25) is 0 Å². The number of carbonyl (C=O) groups is 2. The van der Waals surface area contributed by atoms with E-state index in [1.165, 1.54) is 0 Å². The fourth-order valence-electron chi connectivity index (χ4n) is 4.13. The van der Waals surface area contributed by atoms with Crippen LogP contribution < -0.4 is 0 Å². The molecule has 0 fully saturated rings. The summed E-state index contributed by atoms with van der Waals surface area (Å²) >= 11 is 7.12. The number of aldehydes is 2. The SMILES string of the molecule is O=Cc1c(Br)cc2ccc3cc(Br)c(C=O)c(-c4ccccn4)c3c2c1-c1ccccn1. The number of halogens is 2. The first-order chi connectivity index (χ1) is 15.6. The number of benzene rings is 3. The Morgan fingerprint density at radius 2 is 1.06 bits per heavy atom. The largest absolute Gasteiger partial charge is 0.298 e. The van der Waals surface area contributed by atoms with E-state index < -0.39 is 0 Å². The molecule has 0 radical (unpaired) electrons. The van der Waals surface area contributed by atoms with E-state index >= 15 is 0 Å². The zero-order valence-corrected chi connectivity index (χ0v) is 19.7. The number of hydrogen-bond acceptors (Lipinski definition) is 4. The molecular weight excluding hydrogens is 532 g/mol. The molecule has 0 saturated carbocycles. The molecule has 0 aliphatic rings. The minimum absolute atomic E-state index is 0.506. The van der Waals surface area contributed by atoms with E-state index in [9.17, 15) is 9.59 Å². The van der Waals surface area contributed by atoms with Crippen molar-refractivity contribution in [2.45, 2.75) is 0 Å². The van der Waals surface area contributed by atoms with Gasteiger partial charge in [0.15, 0.2) is 12.6 Å². The minimum atomic E-state index is 0.506. The van der Waals surface area contributed by atoms with Crippen molar-refractivity contribution in [2.75, 3.05) is 0 Å². The topological polar surface area (TPSA) is 59.9 Å². The summed E-state index contributed by atoms with van der Waals surface area (Å²) in [5.74, 6) is 0. The highest BCUT2D eigenvalue weighted by Gasteiger charge is 2.22. The first-order valence-corrected chi connectivity index (χ1v) is 11.4. The van der Waals surface area contributed by atoms with Crippen LogP contribution in [-0.4, -0.2) is 22.5 Å². The first kappa shape index (κ1) is 20.7. The van der Waals surface area contributed by atoms with Gasteiger partial charge in [0.1, 0.15) is 0 Å². The van der Waals surface area contributed by atoms with E-state index in [1.807, 2.05) is 60.7 Å². The Labute approximate surface area is 200 Å². The molecule has 0 atom stereocenters. The van der Waals surface area contributed by atoms with E-state index in [0.717, 1.165) is 34.1 Å². The lowest BCUT2D eigenvalue weighted by Gasteiger charge is -2.18. The molecule has 0 N–H and O–H groups in total. The fourth-order valence-corrected chi connectivity index (χ4v) is 5.21. The molecule has 32 heavy (non-hydrogen) atoms. The van der Waals surface area contributed by atoms with Crippen molar-refractivity contribution >= 4 is 66.0 Å². The molecule has 154 valence electrons. The molecule has 0 aliphatic carbocycles. The normalized spacial score (nSPS) is 11.1. The molecule has 0 aliphatic heterocycles. The Bertz CT molecular complexity index is 1400. The highest BCUT2D eigenvalue weighted by atomic mass is 79.9. The van der Waals surface area contributed by atoms with Gasteiger partial charge in [0.2, 0.25) is 0 Å². The van der Waals surface area contributed by atoms with Crippen molar-refractivity contribution in [2.24, 2.45) is 0 Å². The maximum atomic E-state index is 12.2. The first-order valence-electron chi connectivity index (χ1n) is 9.78. The van der Waals surface area contributed by atoms with Crippen LogP contribution in [0.1, 0.15) is 20.7 Å². The summed E-state index contributed by atoms with van der Waals surface area (Å²) in [5, 5.41) is 3.55. The van der Waals surface area contributed by atoms with Gasteiger partial charge < -0.3 is 0 Å². The second-order valence-corrected chi connectivity index (χ2v) is 8.93. The molecule has 6 heteroatoms. The van der Waals surface area contributed by atoms with Gasteiger partial charge in [0.25, 0.3) is 0 Å². The van der Waals surface area contributed by atoms with Gasteiger partial charge >= 0.3 is 0 Å². The van der Waals surface area contributed by atoms with Gasteiger partial charge in [-0.25, -0.2) is 0 Å². The number of nitrogens with zero attached hydrogens (tertiary/aromatic N) is 2. The highest BCUT2D eigenvalue weighted by molar-refractivity contribution is 9.10. The van der Waals surface area contributed by atoms with E-state index in [1.54, 1.807) is 12.4 Å². The summed E-state index contributed by atoms with van der Waals surface area (Å²) in [6, 6.07) is 19.1. The standard InChI is InChI=1S/C26H14Br2N2O2/c27-19-11-15-7-8-16-12-20(28)18(14-32)26(22-6-2-4-10-30-22)24(16)23(15)25(17(19)13-31)21-5-1-3-9-29-21/h1-14H. The Morgan fingerprint density at radius 3 is 1.41 bits per heavy atom. The number of aromatic nitrogens is 2. The monoisotopic (exact) mass is 544 g/mol. The summed E-state index contributed by atoms with van der Waals surface area (Å²) in [4.78, 5) is 33.5. The predicted octanol–water partition coefficient (Wildman–Crippen LogP) is 7.27. The predicted molar refractivity (Wildman–Crippen MR) is 134 cm³/mol. The number of pyridine rings is 2. The quantitative estimate of drug-likeness (QED) is 0.176. The Morgan fingerprint density at radius 1 is 0.625 bits per heavy atom. The van der Waals surface area contributed by atoms with Gasteiger partial charge in [-0.05, 0) is 47.2 Å². The summed E-state index contributed by atoms with van der Waals surface area (Å²) in [6.07, 6.45) is 5.09. The molecule has 0 amide bonds. The van der Waals surface area contributed by atoms with Gasteiger partial charge in [-0.1, -0.05) is 56.1 Å². The van der Waals surface area contributed by atoms with Gasteiger partial charge in [-0.2, -0.15) is 0 Å². The fraction of sp³-hybridized carbons (Fsp3) is 0. The summed E-state index contributed by atoms with van der Waals surface area (Å²) < 4.78 is 1.37. The van der Waals surface area contributed by atoms with Gasteiger partial charge in [0, 0.05) is 54.4 Å². The number of carbonyl (C=O) groups excluding carboxylic acids is 2. The lowest BCUT2D eigenvalue weighted by atomic mass is 9.88. The average molecular weight is 546 g/mol. The Hall–Kier alpha value is -3.22. The van der Waals surface area contributed by atoms with E-state index in [-0.39, 0.29) is 0 Å². The average Bonchev–Trinajstić information content (AvgIpc) is 2.83. The third kappa shape index (κ3) is 3.27. The van der Waals surface area contributed by atoms with Crippen LogP contribution >= 0.6 is 31.9 Å². The smallest absolute Gasteiger partial charge is 0.151 e. The molecule has 0 spiro atoms.